The van der Waals surface area contributed by atoms with Crippen LogP contribution >= 0.6 is 11.6 Å². The predicted molar refractivity (Wildman–Crippen MR) is 76.2 cm³/mol. The smallest absolute Gasteiger partial charge is 0.138 e. The lowest BCUT2D eigenvalue weighted by Crippen LogP contribution is -2.22. The summed E-state index contributed by atoms with van der Waals surface area (Å²) in [5, 5.41) is 9.49. The lowest BCUT2D eigenvalue weighted by atomic mass is 10.1. The van der Waals surface area contributed by atoms with E-state index in [0.717, 1.165) is 12.2 Å². The fourth-order valence-electron chi connectivity index (χ4n) is 2.26. The Kier molecular flexibility index (Phi) is 3.49. The highest BCUT2D eigenvalue weighted by molar-refractivity contribution is 6.31. The van der Waals surface area contributed by atoms with Crippen molar-refractivity contribution in [3.63, 3.8) is 0 Å². The summed E-state index contributed by atoms with van der Waals surface area (Å²) in [6.07, 6.45) is 0.788. The third-order valence-electron chi connectivity index (χ3n) is 3.23. The van der Waals surface area contributed by atoms with E-state index in [4.69, 9.17) is 26.3 Å². The molecule has 3 nitrogen and oxygen atoms in total. The number of nitriles is 1. The van der Waals surface area contributed by atoms with Crippen LogP contribution in [0.25, 0.3) is 0 Å². The van der Waals surface area contributed by atoms with Crippen LogP contribution in [0.5, 0.6) is 11.5 Å². The highest BCUT2D eigenvalue weighted by Crippen LogP contribution is 2.30. The fraction of sp³-hybridized carbons (Fsp3) is 0.188. The summed E-state index contributed by atoms with van der Waals surface area (Å²) in [7, 11) is 0. The van der Waals surface area contributed by atoms with E-state index in [1.165, 1.54) is 5.56 Å². The van der Waals surface area contributed by atoms with Crippen LogP contribution in [0, 0.1) is 11.3 Å². The van der Waals surface area contributed by atoms with Crippen LogP contribution in [-0.4, -0.2) is 12.7 Å². The molecular formula is C16H12ClNO2. The van der Waals surface area contributed by atoms with Gasteiger partial charge < -0.3 is 9.47 Å². The third-order valence-corrected chi connectivity index (χ3v) is 3.54. The van der Waals surface area contributed by atoms with E-state index in [2.05, 4.69) is 12.1 Å². The molecule has 1 atom stereocenters. The van der Waals surface area contributed by atoms with Crippen LogP contribution in [0.4, 0.5) is 0 Å². The van der Waals surface area contributed by atoms with Gasteiger partial charge in [-0.1, -0.05) is 35.9 Å². The number of hydrogen-bond donors (Lipinski definition) is 0. The van der Waals surface area contributed by atoms with Crippen LogP contribution in [0.3, 0.4) is 0 Å². The number of ether oxygens (including phenoxy) is 2. The van der Waals surface area contributed by atoms with Gasteiger partial charge >= 0.3 is 0 Å². The monoisotopic (exact) mass is 285 g/mol. The summed E-state index contributed by atoms with van der Waals surface area (Å²) < 4.78 is 11.5. The van der Waals surface area contributed by atoms with E-state index >= 15 is 0 Å². The number of fused-ring (bicyclic) bond motifs is 1. The van der Waals surface area contributed by atoms with Gasteiger partial charge in [0.1, 0.15) is 35.8 Å². The molecule has 2 aromatic rings. The average Bonchev–Trinajstić information content (AvgIpc) is 2.88. The molecule has 0 saturated carbocycles. The average molecular weight is 286 g/mol. The molecule has 0 amide bonds. The molecule has 20 heavy (non-hydrogen) atoms. The SMILES string of the molecule is N#Cc1c(Cl)cccc1OCC1Cc2ccccc2O1. The van der Waals surface area contributed by atoms with Crippen molar-refractivity contribution in [3.05, 3.63) is 58.6 Å². The Hall–Kier alpha value is -2.18. The van der Waals surface area contributed by atoms with Crippen molar-refractivity contribution < 1.29 is 9.47 Å². The van der Waals surface area contributed by atoms with Crippen LogP contribution in [0.1, 0.15) is 11.1 Å². The summed E-state index contributed by atoms with van der Waals surface area (Å²) in [5.74, 6) is 1.41. The molecule has 0 aliphatic carbocycles. The van der Waals surface area contributed by atoms with Gasteiger partial charge in [-0.25, -0.2) is 0 Å². The van der Waals surface area contributed by atoms with Gasteiger partial charge in [0.15, 0.2) is 0 Å². The molecule has 0 aromatic heterocycles. The van der Waals surface area contributed by atoms with E-state index < -0.39 is 0 Å². The van der Waals surface area contributed by atoms with Crippen molar-refractivity contribution in [2.45, 2.75) is 12.5 Å². The summed E-state index contributed by atoms with van der Waals surface area (Å²) in [6, 6.07) is 15.2. The molecule has 1 aliphatic heterocycles. The molecule has 4 heteroatoms. The maximum absolute atomic E-state index is 9.09. The molecule has 0 saturated heterocycles. The van der Waals surface area contributed by atoms with Crippen molar-refractivity contribution in [2.24, 2.45) is 0 Å². The fourth-order valence-corrected chi connectivity index (χ4v) is 2.47. The molecule has 3 rings (SSSR count). The van der Waals surface area contributed by atoms with Gasteiger partial charge in [-0.05, 0) is 23.8 Å². The molecule has 0 N–H and O–H groups in total. The highest BCUT2D eigenvalue weighted by Gasteiger charge is 2.23. The highest BCUT2D eigenvalue weighted by atomic mass is 35.5. The Morgan fingerprint density at radius 2 is 2.10 bits per heavy atom. The van der Waals surface area contributed by atoms with Gasteiger partial charge in [0.05, 0.1) is 5.02 Å². The molecule has 2 aromatic carbocycles. The summed E-state index contributed by atoms with van der Waals surface area (Å²) in [6.45, 7) is 0.393. The Morgan fingerprint density at radius 3 is 2.90 bits per heavy atom. The Balaban J connectivity index is 1.68. The van der Waals surface area contributed by atoms with Crippen molar-refractivity contribution in [3.8, 4) is 17.6 Å². The summed E-state index contributed by atoms with van der Waals surface area (Å²) in [5.41, 5.74) is 1.55. The van der Waals surface area contributed by atoms with E-state index in [9.17, 15) is 0 Å². The lowest BCUT2D eigenvalue weighted by molar-refractivity contribution is 0.148. The molecule has 0 radical (unpaired) electrons. The van der Waals surface area contributed by atoms with E-state index in [-0.39, 0.29) is 6.10 Å². The number of benzene rings is 2. The van der Waals surface area contributed by atoms with Gasteiger partial charge in [-0.2, -0.15) is 5.26 Å². The first kappa shape index (κ1) is 12.8. The van der Waals surface area contributed by atoms with Gasteiger partial charge in [-0.3, -0.25) is 0 Å². The van der Waals surface area contributed by atoms with Crippen molar-refractivity contribution in [1.29, 1.82) is 5.26 Å². The quantitative estimate of drug-likeness (QED) is 0.865. The van der Waals surface area contributed by atoms with Crippen LogP contribution in [-0.2, 0) is 6.42 Å². The largest absolute Gasteiger partial charge is 0.488 e. The molecule has 1 heterocycles. The Bertz CT molecular complexity index is 653. The minimum Gasteiger partial charge on any atom is -0.488 e. The van der Waals surface area contributed by atoms with Gasteiger partial charge in [0.25, 0.3) is 0 Å². The molecule has 1 aliphatic rings. The van der Waals surface area contributed by atoms with Gasteiger partial charge in [0.2, 0.25) is 0 Å². The zero-order valence-electron chi connectivity index (χ0n) is 10.7. The topological polar surface area (TPSA) is 42.2 Å². The van der Waals surface area contributed by atoms with Crippen molar-refractivity contribution in [1.82, 2.24) is 0 Å². The summed E-state index contributed by atoms with van der Waals surface area (Å²) >= 11 is 5.96. The molecule has 1 unspecified atom stereocenters. The van der Waals surface area contributed by atoms with Gasteiger partial charge in [0, 0.05) is 6.42 Å². The maximum Gasteiger partial charge on any atom is 0.138 e. The lowest BCUT2D eigenvalue weighted by Gasteiger charge is -2.13. The Labute approximate surface area is 122 Å². The standard InChI is InChI=1S/C16H12ClNO2/c17-14-5-3-7-16(13(14)9-18)19-10-12-8-11-4-1-2-6-15(11)20-12/h1-7,12H,8,10H2. The first-order chi connectivity index (χ1) is 9.78. The van der Waals surface area contributed by atoms with E-state index in [0.29, 0.717) is 22.9 Å². The first-order valence-electron chi connectivity index (χ1n) is 6.34. The third kappa shape index (κ3) is 2.43. The second-order valence-corrected chi connectivity index (χ2v) is 4.99. The van der Waals surface area contributed by atoms with Gasteiger partial charge in [-0.15, -0.1) is 0 Å². The number of hydrogen-bond acceptors (Lipinski definition) is 3. The number of halogens is 1. The number of rotatable bonds is 3. The van der Waals surface area contributed by atoms with Crippen LogP contribution in [0.2, 0.25) is 5.02 Å². The zero-order valence-corrected chi connectivity index (χ0v) is 11.4. The predicted octanol–water partition coefficient (Wildman–Crippen LogP) is 3.59. The number of para-hydroxylation sites is 1. The van der Waals surface area contributed by atoms with Crippen molar-refractivity contribution >= 4 is 11.6 Å². The van der Waals surface area contributed by atoms with E-state index in [1.807, 2.05) is 18.2 Å². The molecule has 0 spiro atoms. The minimum absolute atomic E-state index is 0.0297. The second-order valence-electron chi connectivity index (χ2n) is 4.59. The zero-order chi connectivity index (χ0) is 13.9. The van der Waals surface area contributed by atoms with E-state index in [1.54, 1.807) is 18.2 Å². The molecule has 0 bridgehead atoms. The molecule has 0 fully saturated rings. The second kappa shape index (κ2) is 5.44. The molecular weight excluding hydrogens is 274 g/mol. The first-order valence-corrected chi connectivity index (χ1v) is 6.71. The normalized spacial score (nSPS) is 16.1. The maximum atomic E-state index is 9.09. The Morgan fingerprint density at radius 1 is 1.25 bits per heavy atom. The van der Waals surface area contributed by atoms with Crippen molar-refractivity contribution in [2.75, 3.05) is 6.61 Å². The minimum atomic E-state index is -0.0297. The molecule has 100 valence electrons. The van der Waals surface area contributed by atoms with Crippen LogP contribution < -0.4 is 9.47 Å². The summed E-state index contributed by atoms with van der Waals surface area (Å²) in [4.78, 5) is 0. The van der Waals surface area contributed by atoms with Crippen LogP contribution in [0.15, 0.2) is 42.5 Å². The number of nitrogens with zero attached hydrogens (tertiary/aromatic N) is 1.